The van der Waals surface area contributed by atoms with Gasteiger partial charge in [-0.25, -0.2) is 9.67 Å². The third-order valence-corrected chi connectivity index (χ3v) is 4.81. The number of benzene rings is 1. The molecule has 0 fully saturated rings. The van der Waals surface area contributed by atoms with Crippen LogP contribution in [0, 0.1) is 20.8 Å². The molecule has 0 radical (unpaired) electrons. The van der Waals surface area contributed by atoms with Crippen LogP contribution in [-0.2, 0) is 0 Å². The second kappa shape index (κ2) is 5.14. The van der Waals surface area contributed by atoms with Gasteiger partial charge in [-0.2, -0.15) is 5.10 Å². The molecule has 3 nitrogen and oxygen atoms in total. The van der Waals surface area contributed by atoms with Gasteiger partial charge in [0, 0.05) is 21.1 Å². The molecule has 2 aromatic heterocycles. The summed E-state index contributed by atoms with van der Waals surface area (Å²) in [6.45, 7) is 6.20. The first-order chi connectivity index (χ1) is 9.56. The molecule has 0 unspecified atom stereocenters. The van der Waals surface area contributed by atoms with E-state index in [2.05, 4.69) is 52.4 Å². The van der Waals surface area contributed by atoms with Gasteiger partial charge < -0.3 is 0 Å². The minimum Gasteiger partial charge on any atom is -0.218 e. The Morgan fingerprint density at radius 1 is 1.10 bits per heavy atom. The van der Waals surface area contributed by atoms with Gasteiger partial charge in [-0.3, -0.25) is 0 Å². The Morgan fingerprint density at radius 3 is 2.40 bits per heavy atom. The highest BCUT2D eigenvalue weighted by molar-refractivity contribution is 9.10. The van der Waals surface area contributed by atoms with Crippen LogP contribution in [0.25, 0.3) is 16.4 Å². The van der Waals surface area contributed by atoms with Crippen molar-refractivity contribution in [2.24, 2.45) is 0 Å². The van der Waals surface area contributed by atoms with Gasteiger partial charge in [0.05, 0.1) is 11.4 Å². The summed E-state index contributed by atoms with van der Waals surface area (Å²) in [5.41, 5.74) is 5.55. The number of aromatic nitrogens is 3. The van der Waals surface area contributed by atoms with E-state index in [-0.39, 0.29) is 0 Å². The summed E-state index contributed by atoms with van der Waals surface area (Å²) in [6, 6.07) is 8.19. The quantitative estimate of drug-likeness (QED) is 0.673. The minimum atomic E-state index is 0.914. The molecule has 0 bridgehead atoms. The van der Waals surface area contributed by atoms with Crippen LogP contribution in [0.4, 0.5) is 0 Å². The largest absolute Gasteiger partial charge is 0.218 e. The number of nitrogens with zero attached hydrogens (tertiary/aromatic N) is 3. The Labute approximate surface area is 130 Å². The SMILES string of the molecule is Cc1nn(-c2nc(-c3ccc(Br)cc3)cs2)c(C)c1C. The molecule has 0 atom stereocenters. The Kier molecular flexibility index (Phi) is 3.48. The van der Waals surface area contributed by atoms with Crippen molar-refractivity contribution < 1.29 is 0 Å². The second-order valence-electron chi connectivity index (χ2n) is 4.73. The molecule has 0 saturated heterocycles. The molecule has 0 N–H and O–H groups in total. The van der Waals surface area contributed by atoms with Crippen LogP contribution in [0.3, 0.4) is 0 Å². The fraction of sp³-hybridized carbons (Fsp3) is 0.200. The fourth-order valence-corrected chi connectivity index (χ4v) is 3.12. The maximum Gasteiger partial charge on any atom is 0.211 e. The lowest BCUT2D eigenvalue weighted by Gasteiger charge is -1.99. The monoisotopic (exact) mass is 347 g/mol. The van der Waals surface area contributed by atoms with E-state index in [4.69, 9.17) is 4.98 Å². The van der Waals surface area contributed by atoms with Crippen LogP contribution in [0.15, 0.2) is 34.1 Å². The molecule has 0 aliphatic heterocycles. The smallest absolute Gasteiger partial charge is 0.211 e. The van der Waals surface area contributed by atoms with Gasteiger partial charge >= 0.3 is 0 Å². The third-order valence-electron chi connectivity index (χ3n) is 3.47. The van der Waals surface area contributed by atoms with Gasteiger partial charge in [0.2, 0.25) is 5.13 Å². The molecule has 102 valence electrons. The molecule has 0 saturated carbocycles. The first-order valence-corrected chi connectivity index (χ1v) is 7.98. The number of aryl methyl sites for hydroxylation is 1. The summed E-state index contributed by atoms with van der Waals surface area (Å²) in [7, 11) is 0. The first kappa shape index (κ1) is 13.5. The standard InChI is InChI=1S/C15H14BrN3S/c1-9-10(2)18-19(11(9)3)15-17-14(8-20-15)12-4-6-13(16)7-5-12/h4-8H,1-3H3. The van der Waals surface area contributed by atoms with Crippen molar-refractivity contribution in [1.29, 1.82) is 0 Å². The zero-order valence-corrected chi connectivity index (χ0v) is 13.9. The highest BCUT2D eigenvalue weighted by atomic mass is 79.9. The van der Waals surface area contributed by atoms with Gasteiger partial charge in [-0.15, -0.1) is 11.3 Å². The summed E-state index contributed by atoms with van der Waals surface area (Å²) >= 11 is 5.06. The normalized spacial score (nSPS) is 11.0. The van der Waals surface area contributed by atoms with E-state index in [9.17, 15) is 0 Å². The van der Waals surface area contributed by atoms with Crippen LogP contribution < -0.4 is 0 Å². The molecule has 0 spiro atoms. The van der Waals surface area contributed by atoms with Crippen molar-refractivity contribution in [2.75, 3.05) is 0 Å². The second-order valence-corrected chi connectivity index (χ2v) is 6.48. The lowest BCUT2D eigenvalue weighted by molar-refractivity contribution is 0.825. The molecule has 0 amide bonds. The molecular formula is C15H14BrN3S. The van der Waals surface area contributed by atoms with Crippen LogP contribution in [0.1, 0.15) is 17.0 Å². The maximum atomic E-state index is 4.70. The minimum absolute atomic E-state index is 0.914. The van der Waals surface area contributed by atoms with E-state index in [1.807, 2.05) is 23.7 Å². The summed E-state index contributed by atoms with van der Waals surface area (Å²) in [6.07, 6.45) is 0. The zero-order valence-electron chi connectivity index (χ0n) is 11.5. The number of hydrogen-bond donors (Lipinski definition) is 0. The van der Waals surface area contributed by atoms with Crippen molar-refractivity contribution in [1.82, 2.24) is 14.8 Å². The average molecular weight is 348 g/mol. The molecule has 5 heteroatoms. The fourth-order valence-electron chi connectivity index (χ4n) is 2.02. The first-order valence-electron chi connectivity index (χ1n) is 6.31. The molecule has 20 heavy (non-hydrogen) atoms. The van der Waals surface area contributed by atoms with Crippen LogP contribution in [-0.4, -0.2) is 14.8 Å². The van der Waals surface area contributed by atoms with Crippen molar-refractivity contribution >= 4 is 27.3 Å². The topological polar surface area (TPSA) is 30.7 Å². The molecule has 0 aliphatic carbocycles. The Bertz CT molecular complexity index is 756. The Balaban J connectivity index is 2.01. The van der Waals surface area contributed by atoms with E-state index in [0.717, 1.165) is 32.2 Å². The molecule has 2 heterocycles. The van der Waals surface area contributed by atoms with E-state index in [1.165, 1.54) is 5.56 Å². The highest BCUT2D eigenvalue weighted by Crippen LogP contribution is 2.26. The Morgan fingerprint density at radius 2 is 1.80 bits per heavy atom. The number of halogens is 1. The number of rotatable bonds is 2. The number of thiazole rings is 1. The summed E-state index contributed by atoms with van der Waals surface area (Å²) in [4.78, 5) is 4.70. The predicted octanol–water partition coefficient (Wildman–Crippen LogP) is 4.68. The van der Waals surface area contributed by atoms with Crippen molar-refractivity contribution in [3.8, 4) is 16.4 Å². The van der Waals surface area contributed by atoms with Crippen molar-refractivity contribution in [2.45, 2.75) is 20.8 Å². The van der Waals surface area contributed by atoms with Gasteiger partial charge in [0.1, 0.15) is 0 Å². The average Bonchev–Trinajstić information content (AvgIpc) is 3.01. The third kappa shape index (κ3) is 2.31. The van der Waals surface area contributed by atoms with Gasteiger partial charge in [-0.1, -0.05) is 28.1 Å². The molecule has 3 rings (SSSR count). The van der Waals surface area contributed by atoms with Crippen LogP contribution in [0.2, 0.25) is 0 Å². The summed E-state index contributed by atoms with van der Waals surface area (Å²) < 4.78 is 3.00. The van der Waals surface area contributed by atoms with Gasteiger partial charge in [0.15, 0.2) is 0 Å². The zero-order chi connectivity index (χ0) is 14.3. The predicted molar refractivity (Wildman–Crippen MR) is 86.6 cm³/mol. The number of hydrogen-bond acceptors (Lipinski definition) is 3. The molecule has 3 aromatic rings. The Hall–Kier alpha value is -1.46. The van der Waals surface area contributed by atoms with Crippen LogP contribution in [0.5, 0.6) is 0 Å². The van der Waals surface area contributed by atoms with Crippen LogP contribution >= 0.6 is 27.3 Å². The van der Waals surface area contributed by atoms with E-state index in [1.54, 1.807) is 11.3 Å². The molecule has 0 aliphatic rings. The maximum absolute atomic E-state index is 4.70. The van der Waals surface area contributed by atoms with Crippen molar-refractivity contribution in [3.05, 3.63) is 51.1 Å². The summed E-state index contributed by atoms with van der Waals surface area (Å²) in [5.74, 6) is 0. The molecule has 1 aromatic carbocycles. The lowest BCUT2D eigenvalue weighted by atomic mass is 10.2. The van der Waals surface area contributed by atoms with E-state index in [0.29, 0.717) is 0 Å². The summed E-state index contributed by atoms with van der Waals surface area (Å²) in [5, 5.41) is 7.55. The lowest BCUT2D eigenvalue weighted by Crippen LogP contribution is -1.98. The van der Waals surface area contributed by atoms with Gasteiger partial charge in [-0.05, 0) is 38.5 Å². The molecular weight excluding hydrogens is 334 g/mol. The van der Waals surface area contributed by atoms with E-state index < -0.39 is 0 Å². The van der Waals surface area contributed by atoms with Gasteiger partial charge in [0.25, 0.3) is 0 Å². The van der Waals surface area contributed by atoms with Crippen molar-refractivity contribution in [3.63, 3.8) is 0 Å². The van der Waals surface area contributed by atoms with E-state index >= 15 is 0 Å². The highest BCUT2D eigenvalue weighted by Gasteiger charge is 2.12.